The van der Waals surface area contributed by atoms with Gasteiger partial charge < -0.3 is 18.9 Å². The highest BCUT2D eigenvalue weighted by Gasteiger charge is 2.08. The Morgan fingerprint density at radius 3 is 1.83 bits per heavy atom. The van der Waals surface area contributed by atoms with Crippen molar-refractivity contribution in [1.82, 2.24) is 4.98 Å². The molecule has 0 bridgehead atoms. The van der Waals surface area contributed by atoms with Crippen LogP contribution >= 0.6 is 0 Å². The van der Waals surface area contributed by atoms with Crippen molar-refractivity contribution in [3.05, 3.63) is 30.1 Å². The van der Waals surface area contributed by atoms with Crippen LogP contribution in [0.5, 0.6) is 0 Å². The summed E-state index contributed by atoms with van der Waals surface area (Å²) in [5, 5.41) is 0. The molecule has 0 aliphatic rings. The quantitative estimate of drug-likeness (QED) is 0.233. The fourth-order valence-corrected chi connectivity index (χ4v) is 2.33. The Morgan fingerprint density at radius 1 is 0.759 bits per heavy atom. The number of ether oxygens (including phenoxy) is 4. The first-order valence-corrected chi connectivity index (χ1v) is 10.0. The largest absolute Gasteiger partial charge is 0.466 e. The second-order valence-electron chi connectivity index (χ2n) is 6.41. The minimum Gasteiger partial charge on any atom is -0.466 e. The summed E-state index contributed by atoms with van der Waals surface area (Å²) in [4.78, 5) is 38.7. The number of hydrogen-bond acceptors (Lipinski definition) is 8. The Hall–Kier alpha value is -2.48. The molecule has 8 heteroatoms. The van der Waals surface area contributed by atoms with E-state index in [9.17, 15) is 14.4 Å². The lowest BCUT2D eigenvalue weighted by atomic mass is 10.2. The van der Waals surface area contributed by atoms with E-state index in [0.29, 0.717) is 45.3 Å². The van der Waals surface area contributed by atoms with Crippen LogP contribution in [0, 0.1) is 0 Å². The smallest absolute Gasteiger partial charge is 0.356 e. The summed E-state index contributed by atoms with van der Waals surface area (Å²) in [6.45, 7) is 1.60. The number of esters is 3. The predicted molar refractivity (Wildman–Crippen MR) is 105 cm³/mol. The molecule has 0 radical (unpaired) electrons. The molecule has 0 atom stereocenters. The first-order valence-electron chi connectivity index (χ1n) is 10.0. The van der Waals surface area contributed by atoms with Crippen molar-refractivity contribution in [2.45, 2.75) is 51.4 Å². The molecule has 0 aliphatic heterocycles. The van der Waals surface area contributed by atoms with Crippen LogP contribution in [0.3, 0.4) is 0 Å². The van der Waals surface area contributed by atoms with Crippen molar-refractivity contribution >= 4 is 17.9 Å². The standard InChI is InChI=1S/C21H31NO7/c1-26-14-6-7-15-27-19(23)11-2-3-12-20(24)28-16-8-9-17-29-21(25)18-10-4-5-13-22-18/h4-5,10,13H,2-3,6-9,11-12,14-17H2,1H3. The van der Waals surface area contributed by atoms with Gasteiger partial charge in [0.1, 0.15) is 5.69 Å². The molecule has 1 aromatic rings. The number of carbonyl (C=O) groups excluding carboxylic acids is 3. The molecule has 0 saturated carbocycles. The number of pyridine rings is 1. The van der Waals surface area contributed by atoms with E-state index in [1.807, 2.05) is 0 Å². The van der Waals surface area contributed by atoms with Crippen LogP contribution < -0.4 is 0 Å². The maximum atomic E-state index is 11.7. The number of nitrogens with zero attached hydrogens (tertiary/aromatic N) is 1. The molecule has 0 amide bonds. The summed E-state index contributed by atoms with van der Waals surface area (Å²) >= 11 is 0. The first kappa shape index (κ1) is 24.6. The molecule has 0 saturated heterocycles. The number of hydrogen-bond donors (Lipinski definition) is 0. The fourth-order valence-electron chi connectivity index (χ4n) is 2.33. The number of methoxy groups -OCH3 is 1. The van der Waals surface area contributed by atoms with Crippen LogP contribution in [-0.2, 0) is 28.5 Å². The molecule has 0 spiro atoms. The lowest BCUT2D eigenvalue weighted by Gasteiger charge is -2.06. The van der Waals surface area contributed by atoms with E-state index >= 15 is 0 Å². The van der Waals surface area contributed by atoms with Crippen molar-refractivity contribution in [3.8, 4) is 0 Å². The SMILES string of the molecule is COCCCCOC(=O)CCCCC(=O)OCCCCOC(=O)c1ccccn1. The Morgan fingerprint density at radius 2 is 1.31 bits per heavy atom. The van der Waals surface area contributed by atoms with E-state index < -0.39 is 5.97 Å². The monoisotopic (exact) mass is 409 g/mol. The molecule has 1 rings (SSSR count). The predicted octanol–water partition coefficient (Wildman–Crippen LogP) is 3.09. The normalized spacial score (nSPS) is 10.4. The molecule has 0 aromatic carbocycles. The van der Waals surface area contributed by atoms with Crippen molar-refractivity contribution in [1.29, 1.82) is 0 Å². The third-order valence-electron chi connectivity index (χ3n) is 3.93. The molecule has 0 N–H and O–H groups in total. The molecule has 162 valence electrons. The van der Waals surface area contributed by atoms with Crippen LogP contribution in [0.2, 0.25) is 0 Å². The van der Waals surface area contributed by atoms with E-state index in [1.54, 1.807) is 25.3 Å². The molecular weight excluding hydrogens is 378 g/mol. The van der Waals surface area contributed by atoms with Gasteiger partial charge in [-0.15, -0.1) is 0 Å². The summed E-state index contributed by atoms with van der Waals surface area (Å²) in [5.74, 6) is -0.990. The van der Waals surface area contributed by atoms with Gasteiger partial charge in [0.05, 0.1) is 19.8 Å². The maximum absolute atomic E-state index is 11.7. The van der Waals surface area contributed by atoms with Gasteiger partial charge in [-0.25, -0.2) is 9.78 Å². The maximum Gasteiger partial charge on any atom is 0.356 e. The zero-order valence-electron chi connectivity index (χ0n) is 17.1. The van der Waals surface area contributed by atoms with E-state index in [1.165, 1.54) is 6.20 Å². The van der Waals surface area contributed by atoms with E-state index in [0.717, 1.165) is 12.8 Å². The Bertz CT molecular complexity index is 592. The Kier molecular flexibility index (Phi) is 13.9. The average Bonchev–Trinajstić information content (AvgIpc) is 2.74. The topological polar surface area (TPSA) is 101 Å². The van der Waals surface area contributed by atoms with Crippen LogP contribution in [0.15, 0.2) is 24.4 Å². The molecular formula is C21H31NO7. The van der Waals surface area contributed by atoms with Crippen LogP contribution in [0.25, 0.3) is 0 Å². The fraction of sp³-hybridized carbons (Fsp3) is 0.619. The molecule has 29 heavy (non-hydrogen) atoms. The zero-order chi connectivity index (χ0) is 21.2. The number of carbonyl (C=O) groups is 3. The molecule has 1 heterocycles. The lowest BCUT2D eigenvalue weighted by Crippen LogP contribution is -2.10. The van der Waals surface area contributed by atoms with Gasteiger partial charge in [-0.2, -0.15) is 0 Å². The van der Waals surface area contributed by atoms with Gasteiger partial charge in [-0.05, 0) is 50.7 Å². The van der Waals surface area contributed by atoms with E-state index in [4.69, 9.17) is 18.9 Å². The first-order chi connectivity index (χ1) is 14.1. The molecule has 0 fully saturated rings. The molecule has 1 aromatic heterocycles. The molecule has 0 aliphatic carbocycles. The van der Waals surface area contributed by atoms with E-state index in [2.05, 4.69) is 4.98 Å². The highest BCUT2D eigenvalue weighted by Crippen LogP contribution is 2.05. The van der Waals surface area contributed by atoms with Crippen molar-refractivity contribution in [2.24, 2.45) is 0 Å². The Labute approximate surface area is 171 Å². The lowest BCUT2D eigenvalue weighted by molar-refractivity contribution is -0.146. The average molecular weight is 409 g/mol. The van der Waals surface area contributed by atoms with Crippen LogP contribution in [-0.4, -0.2) is 56.4 Å². The third-order valence-corrected chi connectivity index (χ3v) is 3.93. The summed E-state index contributed by atoms with van der Waals surface area (Å²) in [6, 6.07) is 5.03. The molecule has 0 unspecified atom stereocenters. The third kappa shape index (κ3) is 13.3. The summed E-state index contributed by atoms with van der Waals surface area (Å²) in [5.41, 5.74) is 0.272. The number of unbranched alkanes of at least 4 members (excludes halogenated alkanes) is 3. The highest BCUT2D eigenvalue weighted by atomic mass is 16.5. The van der Waals surface area contributed by atoms with Crippen molar-refractivity contribution < 1.29 is 33.3 Å². The molecule has 8 nitrogen and oxygen atoms in total. The van der Waals surface area contributed by atoms with E-state index in [-0.39, 0.29) is 37.3 Å². The highest BCUT2D eigenvalue weighted by molar-refractivity contribution is 5.87. The minimum atomic E-state index is -0.462. The van der Waals surface area contributed by atoms with Gasteiger partial charge in [0, 0.05) is 32.8 Å². The van der Waals surface area contributed by atoms with Crippen molar-refractivity contribution in [2.75, 3.05) is 33.5 Å². The van der Waals surface area contributed by atoms with Gasteiger partial charge >= 0.3 is 17.9 Å². The second-order valence-corrected chi connectivity index (χ2v) is 6.41. The summed E-state index contributed by atoms with van der Waals surface area (Å²) < 4.78 is 20.2. The summed E-state index contributed by atoms with van der Waals surface area (Å²) in [6.07, 6.45) is 6.14. The van der Waals surface area contributed by atoms with Crippen LogP contribution in [0.1, 0.15) is 61.9 Å². The number of rotatable bonds is 16. The number of aromatic nitrogens is 1. The van der Waals surface area contributed by atoms with Gasteiger partial charge in [-0.3, -0.25) is 9.59 Å². The van der Waals surface area contributed by atoms with Gasteiger partial charge in [-0.1, -0.05) is 6.07 Å². The summed E-state index contributed by atoms with van der Waals surface area (Å²) in [7, 11) is 1.64. The Balaban J connectivity index is 1.91. The van der Waals surface area contributed by atoms with Gasteiger partial charge in [0.15, 0.2) is 0 Å². The minimum absolute atomic E-state index is 0.240. The van der Waals surface area contributed by atoms with Crippen LogP contribution in [0.4, 0.5) is 0 Å². The van der Waals surface area contributed by atoms with Crippen molar-refractivity contribution in [3.63, 3.8) is 0 Å². The van der Waals surface area contributed by atoms with Gasteiger partial charge in [0.2, 0.25) is 0 Å². The van der Waals surface area contributed by atoms with Gasteiger partial charge in [0.25, 0.3) is 0 Å². The zero-order valence-corrected chi connectivity index (χ0v) is 17.1. The second kappa shape index (κ2) is 16.5.